The molecule has 2 amide bonds. The van der Waals surface area contributed by atoms with Crippen LogP contribution >= 0.6 is 0 Å². The average Bonchev–Trinajstić information content (AvgIpc) is 3.03. The number of carbonyl (C=O) groups is 2. The standard InChI is InChI=1S/C28H36F2N6O4/c1-35-21-15-31-27(34-24(21)36(16-28(29,30)26(35)39)18-8-4-3-5-9-18)33-20-13-12-17(14-23(20)40-2)25(38)32-19-10-6-7-11-22(19)37/h12-15,18-19,22,37H,3-11,16H2,1-2H3,(H,32,38)(H,31,33,34)/t19-,22-/m1/s1. The smallest absolute Gasteiger partial charge is 0.342 e. The lowest BCUT2D eigenvalue weighted by Crippen LogP contribution is -2.49. The quantitative estimate of drug-likeness (QED) is 0.487. The van der Waals surface area contributed by atoms with Crippen molar-refractivity contribution >= 4 is 35.0 Å². The SMILES string of the molecule is COc1cc(C(=O)N[C@@H]2CCCC[C@H]2O)ccc1Nc1ncc2c(n1)N(C1CCCCC1)CC(F)(F)C(=O)N2C. The van der Waals surface area contributed by atoms with Gasteiger partial charge in [-0.25, -0.2) is 4.98 Å². The molecule has 10 nitrogen and oxygen atoms in total. The first kappa shape index (κ1) is 28.0. The van der Waals surface area contributed by atoms with Gasteiger partial charge in [-0.2, -0.15) is 13.8 Å². The maximum absolute atomic E-state index is 14.9. The number of amides is 2. The molecule has 0 radical (unpaired) electrons. The van der Waals surface area contributed by atoms with E-state index >= 15 is 0 Å². The number of rotatable bonds is 6. The number of carbonyl (C=O) groups excluding carboxylic acids is 2. The third-order valence-electron chi connectivity index (χ3n) is 8.14. The number of hydrogen-bond acceptors (Lipinski definition) is 8. The molecule has 0 unspecified atom stereocenters. The van der Waals surface area contributed by atoms with Crippen molar-refractivity contribution in [1.82, 2.24) is 15.3 Å². The Bertz CT molecular complexity index is 1260. The lowest BCUT2D eigenvalue weighted by Gasteiger charge is -2.35. The van der Waals surface area contributed by atoms with E-state index in [2.05, 4.69) is 20.6 Å². The summed E-state index contributed by atoms with van der Waals surface area (Å²) in [5, 5.41) is 16.2. The number of ether oxygens (including phenoxy) is 1. The number of halogens is 2. The van der Waals surface area contributed by atoms with Gasteiger partial charge in [-0.05, 0) is 43.9 Å². The zero-order chi connectivity index (χ0) is 28.4. The van der Waals surface area contributed by atoms with Crippen LogP contribution in [0.1, 0.15) is 68.1 Å². The van der Waals surface area contributed by atoms with Crippen molar-refractivity contribution in [3.8, 4) is 5.75 Å². The second-order valence-electron chi connectivity index (χ2n) is 10.9. The van der Waals surface area contributed by atoms with Crippen LogP contribution in [-0.4, -0.2) is 71.7 Å². The van der Waals surface area contributed by atoms with Gasteiger partial charge in [0.25, 0.3) is 11.8 Å². The minimum atomic E-state index is -3.56. The molecular formula is C28H36F2N6O4. The van der Waals surface area contributed by atoms with Crippen molar-refractivity contribution in [3.05, 3.63) is 30.0 Å². The summed E-state index contributed by atoms with van der Waals surface area (Å²) in [5.74, 6) is -4.38. The number of anilines is 4. The van der Waals surface area contributed by atoms with Gasteiger partial charge in [0, 0.05) is 18.7 Å². The number of alkyl halides is 2. The van der Waals surface area contributed by atoms with E-state index in [0.29, 0.717) is 23.4 Å². The van der Waals surface area contributed by atoms with Gasteiger partial charge in [0.05, 0.1) is 37.7 Å². The molecule has 40 heavy (non-hydrogen) atoms. The van der Waals surface area contributed by atoms with Crippen LogP contribution in [0.3, 0.4) is 0 Å². The van der Waals surface area contributed by atoms with Gasteiger partial charge in [0.15, 0.2) is 5.82 Å². The Morgan fingerprint density at radius 2 is 1.85 bits per heavy atom. The van der Waals surface area contributed by atoms with E-state index in [1.807, 2.05) is 0 Å². The number of nitrogens with one attached hydrogen (secondary N) is 2. The molecule has 216 valence electrons. The molecule has 0 saturated heterocycles. The topological polar surface area (TPSA) is 120 Å². The largest absolute Gasteiger partial charge is 0.495 e. The Labute approximate surface area is 232 Å². The van der Waals surface area contributed by atoms with Gasteiger partial charge in [0.1, 0.15) is 11.4 Å². The van der Waals surface area contributed by atoms with Gasteiger partial charge in [-0.15, -0.1) is 0 Å². The molecule has 1 aliphatic heterocycles. The molecule has 5 rings (SSSR count). The summed E-state index contributed by atoms with van der Waals surface area (Å²) in [7, 11) is 2.79. The molecule has 2 saturated carbocycles. The first-order valence-electron chi connectivity index (χ1n) is 13.9. The van der Waals surface area contributed by atoms with E-state index in [-0.39, 0.29) is 35.4 Å². The highest BCUT2D eigenvalue weighted by molar-refractivity contribution is 6.02. The van der Waals surface area contributed by atoms with Crippen LogP contribution in [0.25, 0.3) is 0 Å². The van der Waals surface area contributed by atoms with E-state index in [1.165, 1.54) is 20.4 Å². The number of aliphatic hydroxyl groups excluding tert-OH is 1. The minimum absolute atomic E-state index is 0.145. The average molecular weight is 559 g/mol. The lowest BCUT2D eigenvalue weighted by atomic mass is 9.92. The second kappa shape index (κ2) is 11.5. The fraction of sp³-hybridized carbons (Fsp3) is 0.571. The van der Waals surface area contributed by atoms with Gasteiger partial charge >= 0.3 is 5.92 Å². The Balaban J connectivity index is 1.41. The fourth-order valence-electron chi connectivity index (χ4n) is 5.87. The predicted octanol–water partition coefficient (Wildman–Crippen LogP) is 4.01. The van der Waals surface area contributed by atoms with E-state index < -0.39 is 24.5 Å². The summed E-state index contributed by atoms with van der Waals surface area (Å²) < 4.78 is 35.4. The number of aliphatic hydroxyl groups is 1. The van der Waals surface area contributed by atoms with Crippen LogP contribution in [-0.2, 0) is 4.79 Å². The van der Waals surface area contributed by atoms with Gasteiger partial charge < -0.3 is 30.3 Å². The number of fused-ring (bicyclic) bond motifs is 1. The summed E-state index contributed by atoms with van der Waals surface area (Å²) in [4.78, 5) is 36.8. The molecule has 1 aromatic carbocycles. The van der Waals surface area contributed by atoms with Crippen LogP contribution in [0.5, 0.6) is 5.75 Å². The highest BCUT2D eigenvalue weighted by atomic mass is 19.3. The number of methoxy groups -OCH3 is 1. The zero-order valence-electron chi connectivity index (χ0n) is 22.8. The Morgan fingerprint density at radius 1 is 1.12 bits per heavy atom. The Kier molecular flexibility index (Phi) is 8.07. The first-order chi connectivity index (χ1) is 19.2. The fourth-order valence-corrected chi connectivity index (χ4v) is 5.87. The number of aromatic nitrogens is 2. The maximum Gasteiger partial charge on any atom is 0.342 e. The van der Waals surface area contributed by atoms with E-state index in [0.717, 1.165) is 56.3 Å². The highest BCUT2D eigenvalue weighted by Crippen LogP contribution is 2.39. The van der Waals surface area contributed by atoms with Crippen molar-refractivity contribution in [2.45, 2.75) is 81.9 Å². The summed E-state index contributed by atoms with van der Waals surface area (Å²) in [5.41, 5.74) is 1.07. The lowest BCUT2D eigenvalue weighted by molar-refractivity contribution is -0.140. The number of benzene rings is 1. The van der Waals surface area contributed by atoms with E-state index in [9.17, 15) is 23.5 Å². The van der Waals surface area contributed by atoms with E-state index in [4.69, 9.17) is 4.74 Å². The molecular weight excluding hydrogens is 522 g/mol. The highest BCUT2D eigenvalue weighted by Gasteiger charge is 2.48. The molecule has 2 fully saturated rings. The van der Waals surface area contributed by atoms with Gasteiger partial charge in [-0.1, -0.05) is 32.1 Å². The monoisotopic (exact) mass is 558 g/mol. The third-order valence-corrected chi connectivity index (χ3v) is 8.14. The molecule has 12 heteroatoms. The summed E-state index contributed by atoms with van der Waals surface area (Å²) in [6, 6.07) is 4.42. The Hall–Kier alpha value is -3.54. The normalized spacial score (nSPS) is 23.3. The molecule has 2 heterocycles. The van der Waals surface area contributed by atoms with Gasteiger partial charge in [0.2, 0.25) is 5.95 Å². The molecule has 3 N–H and O–H groups in total. The molecule has 1 aromatic heterocycles. The molecule has 0 bridgehead atoms. The van der Waals surface area contributed by atoms with Crippen LogP contribution in [0, 0.1) is 0 Å². The Morgan fingerprint density at radius 3 is 2.58 bits per heavy atom. The van der Waals surface area contributed by atoms with Crippen molar-refractivity contribution in [3.63, 3.8) is 0 Å². The third kappa shape index (κ3) is 5.67. The van der Waals surface area contributed by atoms with Crippen LogP contribution < -0.4 is 25.2 Å². The minimum Gasteiger partial charge on any atom is -0.495 e. The second-order valence-corrected chi connectivity index (χ2v) is 10.9. The molecule has 2 aliphatic carbocycles. The molecule has 2 aromatic rings. The van der Waals surface area contributed by atoms with Crippen LogP contribution in [0.2, 0.25) is 0 Å². The van der Waals surface area contributed by atoms with Crippen molar-refractivity contribution in [1.29, 1.82) is 0 Å². The number of hydrogen-bond donors (Lipinski definition) is 3. The maximum atomic E-state index is 14.9. The molecule has 0 spiro atoms. The summed E-state index contributed by atoms with van der Waals surface area (Å²) >= 11 is 0. The summed E-state index contributed by atoms with van der Waals surface area (Å²) in [6.45, 7) is -0.743. The zero-order valence-corrected chi connectivity index (χ0v) is 22.8. The van der Waals surface area contributed by atoms with Crippen LogP contribution in [0.4, 0.5) is 31.9 Å². The van der Waals surface area contributed by atoms with Crippen molar-refractivity contribution in [2.24, 2.45) is 0 Å². The van der Waals surface area contributed by atoms with Crippen LogP contribution in [0.15, 0.2) is 24.4 Å². The first-order valence-corrected chi connectivity index (χ1v) is 13.9. The number of nitrogens with zero attached hydrogens (tertiary/aromatic N) is 4. The predicted molar refractivity (Wildman–Crippen MR) is 147 cm³/mol. The summed E-state index contributed by atoms with van der Waals surface area (Å²) in [6.07, 6.45) is 8.51. The molecule has 2 atom stereocenters. The van der Waals surface area contributed by atoms with Gasteiger partial charge in [-0.3, -0.25) is 9.59 Å². The van der Waals surface area contributed by atoms with Crippen molar-refractivity contribution in [2.75, 3.05) is 35.8 Å². The van der Waals surface area contributed by atoms with Crippen molar-refractivity contribution < 1.29 is 28.2 Å². The van der Waals surface area contributed by atoms with E-state index in [1.54, 1.807) is 23.1 Å². The molecule has 3 aliphatic rings.